The largest absolute Gasteiger partial charge is 0.399 e. The van der Waals surface area contributed by atoms with Crippen molar-refractivity contribution in [2.24, 2.45) is 5.16 Å². The molecular formula is C19H25N5O2. The molecule has 0 saturated heterocycles. The van der Waals surface area contributed by atoms with Crippen LogP contribution < -0.4 is 5.73 Å². The van der Waals surface area contributed by atoms with Crippen molar-refractivity contribution in [3.8, 4) is 0 Å². The zero-order chi connectivity index (χ0) is 18.9. The van der Waals surface area contributed by atoms with Gasteiger partial charge in [-0.15, -0.1) is 0 Å². The molecule has 26 heavy (non-hydrogen) atoms. The Kier molecular flexibility index (Phi) is 4.82. The number of oxime groups is 1. The normalized spacial score (nSPS) is 12.9. The lowest BCUT2D eigenvalue weighted by Gasteiger charge is -2.20. The molecule has 0 radical (unpaired) electrons. The topological polar surface area (TPSA) is 98.5 Å². The lowest BCUT2D eigenvalue weighted by Crippen LogP contribution is -2.27. The number of aryl methyl sites for hydroxylation is 1. The van der Waals surface area contributed by atoms with Crippen LogP contribution in [0.15, 0.2) is 29.4 Å². The molecule has 7 heteroatoms. The lowest BCUT2D eigenvalue weighted by atomic mass is 10.1. The lowest BCUT2D eigenvalue weighted by molar-refractivity contribution is 0.0619. The Bertz CT molecular complexity index is 969. The summed E-state index contributed by atoms with van der Waals surface area (Å²) < 4.78 is 2.05. The van der Waals surface area contributed by atoms with E-state index in [0.717, 1.165) is 28.0 Å². The molecule has 0 aliphatic carbocycles. The van der Waals surface area contributed by atoms with Gasteiger partial charge in [0.25, 0.3) is 0 Å². The Morgan fingerprint density at radius 2 is 2.04 bits per heavy atom. The standard InChI is InChI=1S/C19H25N5O2/c1-12(23-26-4)9-10-15-22-16-17(24(15)11-19(2,3)25)13-7-5-6-8-14(13)21-18(16)20/h5-8,25H,9-11H2,1-4H3,(H2,20,21). The van der Waals surface area contributed by atoms with Crippen LogP contribution >= 0.6 is 0 Å². The van der Waals surface area contributed by atoms with Gasteiger partial charge in [0.15, 0.2) is 5.82 Å². The summed E-state index contributed by atoms with van der Waals surface area (Å²) in [6.07, 6.45) is 1.37. The van der Waals surface area contributed by atoms with Gasteiger partial charge in [-0.25, -0.2) is 9.97 Å². The molecule has 7 nitrogen and oxygen atoms in total. The number of hydrogen-bond acceptors (Lipinski definition) is 6. The quantitative estimate of drug-likeness (QED) is 0.523. The monoisotopic (exact) mass is 355 g/mol. The van der Waals surface area contributed by atoms with Gasteiger partial charge in [0.1, 0.15) is 18.5 Å². The summed E-state index contributed by atoms with van der Waals surface area (Å²) in [6.45, 7) is 5.89. The molecule has 2 aromatic heterocycles. The van der Waals surface area contributed by atoms with Gasteiger partial charge >= 0.3 is 0 Å². The van der Waals surface area contributed by atoms with Crippen molar-refractivity contribution in [1.29, 1.82) is 0 Å². The molecule has 0 unspecified atom stereocenters. The maximum atomic E-state index is 10.4. The van der Waals surface area contributed by atoms with Crippen LogP contribution in [0.2, 0.25) is 0 Å². The number of anilines is 1. The molecule has 138 valence electrons. The molecule has 0 aliphatic heterocycles. The Morgan fingerprint density at radius 1 is 1.31 bits per heavy atom. The zero-order valence-corrected chi connectivity index (χ0v) is 15.7. The minimum atomic E-state index is -0.892. The number of nitrogens with zero attached hydrogens (tertiary/aromatic N) is 4. The van der Waals surface area contributed by atoms with Crippen molar-refractivity contribution >= 4 is 33.5 Å². The van der Waals surface area contributed by atoms with Crippen LogP contribution in [-0.4, -0.2) is 38.1 Å². The number of nitrogen functional groups attached to an aromatic ring is 1. The molecule has 3 N–H and O–H groups in total. The number of aromatic nitrogens is 3. The summed E-state index contributed by atoms with van der Waals surface area (Å²) in [4.78, 5) is 14.1. The van der Waals surface area contributed by atoms with E-state index in [0.29, 0.717) is 30.7 Å². The molecule has 1 aromatic carbocycles. The summed E-state index contributed by atoms with van der Waals surface area (Å²) in [5, 5.41) is 15.4. The predicted molar refractivity (Wildman–Crippen MR) is 104 cm³/mol. The molecule has 0 spiro atoms. The number of rotatable bonds is 6. The van der Waals surface area contributed by atoms with E-state index in [9.17, 15) is 5.11 Å². The molecule has 3 rings (SSSR count). The highest BCUT2D eigenvalue weighted by Crippen LogP contribution is 2.30. The van der Waals surface area contributed by atoms with E-state index in [1.54, 1.807) is 13.8 Å². The summed E-state index contributed by atoms with van der Waals surface area (Å²) >= 11 is 0. The molecule has 0 aliphatic rings. The van der Waals surface area contributed by atoms with Gasteiger partial charge in [0.2, 0.25) is 0 Å². The summed E-state index contributed by atoms with van der Waals surface area (Å²) in [5.41, 5.74) is 8.56. The highest BCUT2D eigenvalue weighted by atomic mass is 16.6. The molecule has 0 atom stereocenters. The fourth-order valence-electron chi connectivity index (χ4n) is 3.15. The van der Waals surface area contributed by atoms with Gasteiger partial charge in [0.05, 0.1) is 28.9 Å². The van der Waals surface area contributed by atoms with Gasteiger partial charge in [-0.2, -0.15) is 0 Å². The minimum Gasteiger partial charge on any atom is -0.399 e. The van der Waals surface area contributed by atoms with Crippen LogP contribution in [0.25, 0.3) is 21.9 Å². The SMILES string of the molecule is CON=C(C)CCc1nc2c(N)nc3ccccc3c2n1CC(C)(C)O. The second-order valence-corrected chi connectivity index (χ2v) is 7.15. The van der Waals surface area contributed by atoms with Crippen molar-refractivity contribution in [3.05, 3.63) is 30.1 Å². The molecule has 0 amide bonds. The number of pyridine rings is 1. The van der Waals surface area contributed by atoms with Crippen LogP contribution in [0.4, 0.5) is 5.82 Å². The smallest absolute Gasteiger partial charge is 0.152 e. The Morgan fingerprint density at radius 3 is 2.73 bits per heavy atom. The molecule has 2 heterocycles. The van der Waals surface area contributed by atoms with Crippen molar-refractivity contribution in [3.63, 3.8) is 0 Å². The molecule has 3 aromatic rings. The highest BCUT2D eigenvalue weighted by molar-refractivity contribution is 6.06. The third kappa shape index (κ3) is 3.62. The first-order valence-electron chi connectivity index (χ1n) is 8.62. The minimum absolute atomic E-state index is 0.400. The van der Waals surface area contributed by atoms with Gasteiger partial charge in [-0.1, -0.05) is 23.4 Å². The van der Waals surface area contributed by atoms with Crippen LogP contribution in [0.5, 0.6) is 0 Å². The van der Waals surface area contributed by atoms with Crippen molar-refractivity contribution in [1.82, 2.24) is 14.5 Å². The first kappa shape index (κ1) is 18.1. The predicted octanol–water partition coefficient (Wildman–Crippen LogP) is 2.89. The second-order valence-electron chi connectivity index (χ2n) is 7.15. The van der Waals surface area contributed by atoms with Crippen LogP contribution in [0.1, 0.15) is 33.0 Å². The van der Waals surface area contributed by atoms with Crippen LogP contribution in [-0.2, 0) is 17.8 Å². The number of imidazole rings is 1. The van der Waals surface area contributed by atoms with E-state index in [4.69, 9.17) is 15.6 Å². The fraction of sp³-hybridized carbons (Fsp3) is 0.421. The Balaban J connectivity index is 2.20. The fourth-order valence-corrected chi connectivity index (χ4v) is 3.15. The number of hydrogen-bond donors (Lipinski definition) is 2. The van der Waals surface area contributed by atoms with E-state index in [1.165, 1.54) is 7.11 Å². The third-order valence-electron chi connectivity index (χ3n) is 4.19. The number of aliphatic hydroxyl groups is 1. The molecule has 0 saturated carbocycles. The first-order chi connectivity index (χ1) is 12.3. The van der Waals surface area contributed by atoms with Crippen LogP contribution in [0, 0.1) is 0 Å². The first-order valence-corrected chi connectivity index (χ1v) is 8.62. The van der Waals surface area contributed by atoms with Gasteiger partial charge in [0, 0.05) is 11.8 Å². The Hall–Kier alpha value is -2.67. The van der Waals surface area contributed by atoms with Crippen molar-refractivity contribution in [2.45, 2.75) is 45.8 Å². The summed E-state index contributed by atoms with van der Waals surface area (Å²) in [5.74, 6) is 1.24. The average molecular weight is 355 g/mol. The van der Waals surface area contributed by atoms with Crippen molar-refractivity contribution in [2.75, 3.05) is 12.8 Å². The average Bonchev–Trinajstić information content (AvgIpc) is 2.91. The highest BCUT2D eigenvalue weighted by Gasteiger charge is 2.22. The molecular weight excluding hydrogens is 330 g/mol. The van der Waals surface area contributed by atoms with E-state index in [2.05, 4.69) is 14.7 Å². The third-order valence-corrected chi connectivity index (χ3v) is 4.19. The number of nitrogens with two attached hydrogens (primary N) is 1. The van der Waals surface area contributed by atoms with E-state index in [-0.39, 0.29) is 0 Å². The molecule has 0 bridgehead atoms. The van der Waals surface area contributed by atoms with Gasteiger partial charge < -0.3 is 20.2 Å². The van der Waals surface area contributed by atoms with Crippen LogP contribution in [0.3, 0.4) is 0 Å². The van der Waals surface area contributed by atoms with E-state index >= 15 is 0 Å². The molecule has 0 fully saturated rings. The summed E-state index contributed by atoms with van der Waals surface area (Å²) in [7, 11) is 1.53. The number of para-hydroxylation sites is 1. The van der Waals surface area contributed by atoms with E-state index < -0.39 is 5.60 Å². The van der Waals surface area contributed by atoms with Crippen molar-refractivity contribution < 1.29 is 9.94 Å². The maximum absolute atomic E-state index is 10.4. The second kappa shape index (κ2) is 6.92. The Labute approximate surface area is 152 Å². The maximum Gasteiger partial charge on any atom is 0.152 e. The van der Waals surface area contributed by atoms with E-state index in [1.807, 2.05) is 31.2 Å². The number of fused-ring (bicyclic) bond motifs is 3. The zero-order valence-electron chi connectivity index (χ0n) is 15.7. The van der Waals surface area contributed by atoms with Gasteiger partial charge in [-0.05, 0) is 33.3 Å². The van der Waals surface area contributed by atoms with Gasteiger partial charge in [-0.3, -0.25) is 0 Å². The number of benzene rings is 1. The summed E-state index contributed by atoms with van der Waals surface area (Å²) in [6, 6.07) is 7.84.